The maximum absolute atomic E-state index is 11.0. The molecule has 1 saturated heterocycles. The molecule has 0 aromatic carbocycles. The molecular formula is C14H18N4O. The fraction of sp³-hybridized carbons (Fsp3) is 0.500. The van der Waals surface area contributed by atoms with Crippen molar-refractivity contribution in [3.8, 4) is 0 Å². The number of nitrogens with zero attached hydrogens (tertiary/aromatic N) is 4. The van der Waals surface area contributed by atoms with Gasteiger partial charge in [-0.2, -0.15) is 0 Å². The summed E-state index contributed by atoms with van der Waals surface area (Å²) in [5, 5.41) is 8.39. The fourth-order valence-corrected chi connectivity index (χ4v) is 2.84. The van der Waals surface area contributed by atoms with E-state index in [1.807, 2.05) is 16.7 Å². The minimum atomic E-state index is 0.600. The number of likely N-dealkylation sites (tertiary alicyclic amines) is 1. The Kier molecular flexibility index (Phi) is 3.29. The minimum absolute atomic E-state index is 0.600. The van der Waals surface area contributed by atoms with E-state index in [4.69, 9.17) is 0 Å². The van der Waals surface area contributed by atoms with Crippen LogP contribution in [0.1, 0.15) is 29.5 Å². The van der Waals surface area contributed by atoms with Crippen LogP contribution in [-0.4, -0.2) is 45.4 Å². The number of pyridine rings is 1. The number of aromatic nitrogens is 3. The molecule has 1 aliphatic rings. The quantitative estimate of drug-likeness (QED) is 0.778. The highest BCUT2D eigenvalue weighted by Gasteiger charge is 2.23. The van der Waals surface area contributed by atoms with Gasteiger partial charge in [0.2, 0.25) is 0 Å². The van der Waals surface area contributed by atoms with Crippen LogP contribution in [0, 0.1) is 5.92 Å². The zero-order chi connectivity index (χ0) is 13.2. The van der Waals surface area contributed by atoms with E-state index < -0.39 is 0 Å². The van der Waals surface area contributed by atoms with Crippen LogP contribution < -0.4 is 0 Å². The van der Waals surface area contributed by atoms with Crippen LogP contribution in [0.5, 0.6) is 0 Å². The Hall–Kier alpha value is -1.75. The Labute approximate surface area is 112 Å². The monoisotopic (exact) mass is 258 g/mol. The zero-order valence-corrected chi connectivity index (χ0v) is 11.1. The van der Waals surface area contributed by atoms with E-state index in [1.165, 1.54) is 13.0 Å². The summed E-state index contributed by atoms with van der Waals surface area (Å²) in [5.41, 5.74) is 1.26. The van der Waals surface area contributed by atoms with Crippen molar-refractivity contribution in [2.45, 2.75) is 19.8 Å². The van der Waals surface area contributed by atoms with E-state index in [0.717, 1.165) is 31.6 Å². The highest BCUT2D eigenvalue weighted by Crippen LogP contribution is 2.20. The molecule has 0 spiro atoms. The Balaban J connectivity index is 1.84. The zero-order valence-electron chi connectivity index (χ0n) is 11.1. The Bertz CT molecular complexity index is 592. The number of carbonyl (C=O) groups is 1. The van der Waals surface area contributed by atoms with Crippen LogP contribution in [0.15, 0.2) is 18.3 Å². The first-order valence-corrected chi connectivity index (χ1v) is 6.82. The summed E-state index contributed by atoms with van der Waals surface area (Å²) in [7, 11) is 0. The van der Waals surface area contributed by atoms with Crippen molar-refractivity contribution < 1.29 is 4.79 Å². The normalized spacial score (nSPS) is 20.2. The first-order valence-electron chi connectivity index (χ1n) is 6.82. The van der Waals surface area contributed by atoms with Gasteiger partial charge in [-0.15, -0.1) is 10.2 Å². The Morgan fingerprint density at radius 3 is 3.11 bits per heavy atom. The van der Waals surface area contributed by atoms with Gasteiger partial charge in [0.05, 0.1) is 5.56 Å². The average molecular weight is 258 g/mol. The number of carbonyl (C=O) groups excluding carboxylic acids is 1. The van der Waals surface area contributed by atoms with E-state index in [-0.39, 0.29) is 0 Å². The first kappa shape index (κ1) is 12.3. The molecule has 0 radical (unpaired) electrons. The fourth-order valence-electron chi connectivity index (χ4n) is 2.84. The van der Waals surface area contributed by atoms with Gasteiger partial charge in [-0.1, -0.05) is 6.92 Å². The standard InChI is InChI=1S/C14H18N4O/c1-2-17-7-5-11(9-17)8-13-15-16-14-12(10-19)4-3-6-18(13)14/h3-4,6,10-11H,2,5,7-9H2,1H3. The van der Waals surface area contributed by atoms with Crippen LogP contribution in [0.3, 0.4) is 0 Å². The summed E-state index contributed by atoms with van der Waals surface area (Å²) in [6.07, 6.45) is 4.92. The van der Waals surface area contributed by atoms with E-state index in [9.17, 15) is 4.79 Å². The van der Waals surface area contributed by atoms with Crippen molar-refractivity contribution in [1.29, 1.82) is 0 Å². The van der Waals surface area contributed by atoms with Crippen molar-refractivity contribution in [1.82, 2.24) is 19.5 Å². The summed E-state index contributed by atoms with van der Waals surface area (Å²) >= 11 is 0. The molecule has 5 heteroatoms. The molecule has 2 aromatic heterocycles. The summed E-state index contributed by atoms with van der Waals surface area (Å²) in [6, 6.07) is 3.64. The number of hydrogen-bond acceptors (Lipinski definition) is 4. The topological polar surface area (TPSA) is 50.5 Å². The number of fused-ring (bicyclic) bond motifs is 1. The van der Waals surface area contributed by atoms with Crippen molar-refractivity contribution in [2.75, 3.05) is 19.6 Å². The molecule has 0 amide bonds. The van der Waals surface area contributed by atoms with E-state index in [1.54, 1.807) is 6.07 Å². The first-order chi connectivity index (χ1) is 9.31. The molecule has 0 bridgehead atoms. The Morgan fingerprint density at radius 2 is 2.37 bits per heavy atom. The third kappa shape index (κ3) is 2.26. The maximum atomic E-state index is 11.0. The molecule has 1 unspecified atom stereocenters. The van der Waals surface area contributed by atoms with Gasteiger partial charge in [-0.05, 0) is 37.6 Å². The molecular weight excluding hydrogens is 240 g/mol. The van der Waals surface area contributed by atoms with Gasteiger partial charge >= 0.3 is 0 Å². The van der Waals surface area contributed by atoms with Gasteiger partial charge in [-0.3, -0.25) is 9.20 Å². The lowest BCUT2D eigenvalue weighted by Gasteiger charge is -2.12. The van der Waals surface area contributed by atoms with Crippen molar-refractivity contribution in [3.63, 3.8) is 0 Å². The number of hydrogen-bond donors (Lipinski definition) is 0. The molecule has 5 nitrogen and oxygen atoms in total. The lowest BCUT2D eigenvalue weighted by atomic mass is 10.0. The highest BCUT2D eigenvalue weighted by atomic mass is 16.1. The summed E-state index contributed by atoms with van der Waals surface area (Å²) in [5.74, 6) is 1.61. The number of rotatable bonds is 4. The molecule has 1 aliphatic heterocycles. The second-order valence-corrected chi connectivity index (χ2v) is 5.14. The lowest BCUT2D eigenvalue weighted by Crippen LogP contribution is -2.20. The third-order valence-electron chi connectivity index (χ3n) is 3.95. The molecule has 3 heterocycles. The van der Waals surface area contributed by atoms with Gasteiger partial charge in [0, 0.05) is 19.2 Å². The van der Waals surface area contributed by atoms with Crippen LogP contribution in [0.2, 0.25) is 0 Å². The predicted molar refractivity (Wildman–Crippen MR) is 72.3 cm³/mol. The second kappa shape index (κ2) is 5.09. The van der Waals surface area contributed by atoms with Crippen LogP contribution >= 0.6 is 0 Å². The molecule has 3 rings (SSSR count). The van der Waals surface area contributed by atoms with Gasteiger partial charge in [0.15, 0.2) is 11.9 Å². The van der Waals surface area contributed by atoms with Crippen molar-refractivity contribution in [3.05, 3.63) is 29.7 Å². The lowest BCUT2D eigenvalue weighted by molar-refractivity contribution is 0.112. The molecule has 0 N–H and O–H groups in total. The summed E-state index contributed by atoms with van der Waals surface area (Å²) in [4.78, 5) is 13.4. The van der Waals surface area contributed by atoms with Gasteiger partial charge in [0.1, 0.15) is 5.82 Å². The van der Waals surface area contributed by atoms with Crippen molar-refractivity contribution >= 4 is 11.9 Å². The molecule has 19 heavy (non-hydrogen) atoms. The Morgan fingerprint density at radius 1 is 1.47 bits per heavy atom. The van der Waals surface area contributed by atoms with Crippen molar-refractivity contribution in [2.24, 2.45) is 5.92 Å². The van der Waals surface area contributed by atoms with Gasteiger partial charge in [0.25, 0.3) is 0 Å². The smallest absolute Gasteiger partial charge is 0.171 e. The highest BCUT2D eigenvalue weighted by molar-refractivity contribution is 5.83. The molecule has 1 fully saturated rings. The summed E-state index contributed by atoms with van der Waals surface area (Å²) in [6.45, 7) is 5.63. The average Bonchev–Trinajstić information content (AvgIpc) is 3.06. The third-order valence-corrected chi connectivity index (χ3v) is 3.95. The maximum Gasteiger partial charge on any atom is 0.171 e. The molecule has 1 atom stereocenters. The van der Waals surface area contributed by atoms with E-state index in [0.29, 0.717) is 17.1 Å². The summed E-state index contributed by atoms with van der Waals surface area (Å²) < 4.78 is 1.94. The minimum Gasteiger partial charge on any atom is -0.303 e. The molecule has 100 valence electrons. The SMILES string of the molecule is CCN1CCC(Cc2nnc3c(C=O)cccn23)C1. The number of aldehydes is 1. The van der Waals surface area contributed by atoms with E-state index in [2.05, 4.69) is 22.0 Å². The van der Waals surface area contributed by atoms with E-state index >= 15 is 0 Å². The predicted octanol–water partition coefficient (Wildman–Crippen LogP) is 1.43. The van der Waals surface area contributed by atoms with Crippen LogP contribution in [0.25, 0.3) is 5.65 Å². The van der Waals surface area contributed by atoms with Gasteiger partial charge in [-0.25, -0.2) is 0 Å². The van der Waals surface area contributed by atoms with Crippen LogP contribution in [-0.2, 0) is 6.42 Å². The largest absolute Gasteiger partial charge is 0.303 e. The molecule has 0 aliphatic carbocycles. The van der Waals surface area contributed by atoms with Gasteiger partial charge < -0.3 is 4.90 Å². The van der Waals surface area contributed by atoms with Crippen LogP contribution in [0.4, 0.5) is 0 Å². The molecule has 0 saturated carbocycles. The second-order valence-electron chi connectivity index (χ2n) is 5.14. The molecule has 2 aromatic rings.